The molecule has 3 aromatic heterocycles. The summed E-state index contributed by atoms with van der Waals surface area (Å²) in [6.45, 7) is 4.18. The van der Waals surface area contributed by atoms with Gasteiger partial charge in [0.05, 0.1) is 29.4 Å². The number of hydrogen-bond acceptors (Lipinski definition) is 6. The molecule has 162 valence electrons. The van der Waals surface area contributed by atoms with Gasteiger partial charge >= 0.3 is 0 Å². The van der Waals surface area contributed by atoms with Crippen molar-refractivity contribution in [3.05, 3.63) is 54.0 Å². The molecule has 0 bridgehead atoms. The van der Waals surface area contributed by atoms with E-state index in [2.05, 4.69) is 60.6 Å². The lowest BCUT2D eigenvalue weighted by atomic mass is 9.94. The van der Waals surface area contributed by atoms with Gasteiger partial charge in [-0.25, -0.2) is 9.67 Å². The quantitative estimate of drug-likeness (QED) is 0.422. The number of imidazole rings is 1. The molecule has 8 heteroatoms. The van der Waals surface area contributed by atoms with Crippen molar-refractivity contribution in [1.29, 1.82) is 0 Å². The van der Waals surface area contributed by atoms with E-state index in [1.807, 2.05) is 19.1 Å². The van der Waals surface area contributed by atoms with Crippen molar-refractivity contribution in [3.63, 3.8) is 0 Å². The van der Waals surface area contributed by atoms with Crippen LogP contribution in [0.3, 0.4) is 0 Å². The highest BCUT2D eigenvalue weighted by molar-refractivity contribution is 5.78. The minimum absolute atomic E-state index is 0.0438. The fourth-order valence-electron chi connectivity index (χ4n) is 4.66. The van der Waals surface area contributed by atoms with Crippen molar-refractivity contribution < 1.29 is 4.42 Å². The van der Waals surface area contributed by atoms with E-state index in [0.29, 0.717) is 6.04 Å². The first kappa shape index (κ1) is 19.8. The molecule has 1 fully saturated rings. The van der Waals surface area contributed by atoms with Crippen LogP contribution in [0.1, 0.15) is 80.8 Å². The molecular formula is C23H29N7O. The number of nitrogens with zero attached hydrogens (tertiary/aromatic N) is 5. The summed E-state index contributed by atoms with van der Waals surface area (Å²) >= 11 is 0. The second kappa shape index (κ2) is 8.53. The molecule has 1 aromatic carbocycles. The molecule has 1 aliphatic rings. The van der Waals surface area contributed by atoms with Crippen LogP contribution in [0.5, 0.6) is 0 Å². The first-order valence-electron chi connectivity index (χ1n) is 11.2. The van der Waals surface area contributed by atoms with Crippen molar-refractivity contribution in [3.8, 4) is 0 Å². The van der Waals surface area contributed by atoms with Crippen molar-refractivity contribution >= 4 is 16.7 Å². The van der Waals surface area contributed by atoms with E-state index in [1.165, 1.54) is 19.3 Å². The van der Waals surface area contributed by atoms with Crippen molar-refractivity contribution in [1.82, 2.24) is 30.2 Å². The average molecular weight is 420 g/mol. The number of aromatic nitrogens is 6. The summed E-state index contributed by atoms with van der Waals surface area (Å²) in [6, 6.07) is 10.6. The lowest BCUT2D eigenvalue weighted by Gasteiger charge is -2.26. The van der Waals surface area contributed by atoms with Crippen molar-refractivity contribution in [2.75, 3.05) is 5.32 Å². The second-order valence-corrected chi connectivity index (χ2v) is 8.69. The topological polar surface area (TPSA) is 97.5 Å². The van der Waals surface area contributed by atoms with Gasteiger partial charge in [0.25, 0.3) is 0 Å². The summed E-state index contributed by atoms with van der Waals surface area (Å²) in [5, 5.41) is 16.7. The van der Waals surface area contributed by atoms with E-state index >= 15 is 0 Å². The Bertz CT molecular complexity index is 1140. The number of hydrogen-bond donors (Lipinski definition) is 2. The molecule has 0 aliphatic heterocycles. The van der Waals surface area contributed by atoms with Gasteiger partial charge in [-0.15, -0.1) is 5.10 Å². The smallest absolute Gasteiger partial charge is 0.173 e. The van der Waals surface area contributed by atoms with Crippen LogP contribution in [0.25, 0.3) is 11.0 Å². The van der Waals surface area contributed by atoms with Crippen molar-refractivity contribution in [2.24, 2.45) is 0 Å². The minimum Gasteiger partial charge on any atom is -0.466 e. The molecule has 31 heavy (non-hydrogen) atoms. The van der Waals surface area contributed by atoms with Crippen LogP contribution in [0, 0.1) is 6.92 Å². The molecule has 0 radical (unpaired) electrons. The number of rotatable bonds is 7. The number of anilines is 1. The Labute approximate surface area is 181 Å². The van der Waals surface area contributed by atoms with E-state index in [4.69, 9.17) is 4.42 Å². The molecule has 0 saturated heterocycles. The van der Waals surface area contributed by atoms with Gasteiger partial charge in [-0.3, -0.25) is 0 Å². The molecule has 2 N–H and O–H groups in total. The summed E-state index contributed by atoms with van der Waals surface area (Å²) in [4.78, 5) is 7.51. The predicted octanol–water partition coefficient (Wildman–Crippen LogP) is 5.30. The predicted molar refractivity (Wildman–Crippen MR) is 119 cm³/mol. The molecule has 1 aliphatic carbocycles. The third-order valence-electron chi connectivity index (χ3n) is 6.35. The van der Waals surface area contributed by atoms with Crippen LogP contribution in [-0.4, -0.2) is 30.2 Å². The molecule has 0 spiro atoms. The maximum absolute atomic E-state index is 5.91. The normalized spacial score (nSPS) is 17.1. The van der Waals surface area contributed by atoms with Gasteiger partial charge in [-0.2, -0.15) is 0 Å². The van der Waals surface area contributed by atoms with Crippen LogP contribution in [-0.2, 0) is 0 Å². The van der Waals surface area contributed by atoms with Crippen LogP contribution in [0.2, 0.25) is 0 Å². The highest BCUT2D eigenvalue weighted by atomic mass is 16.3. The zero-order valence-corrected chi connectivity index (χ0v) is 18.1. The molecule has 2 unspecified atom stereocenters. The SMILES string of the molecule is Cc1ccc(C(C)CC(Nc2ccc3nc[nH]c3c2)c2nnnn2C2CCCCC2)o1. The highest BCUT2D eigenvalue weighted by Gasteiger charge is 2.27. The molecule has 5 rings (SSSR count). The first-order chi connectivity index (χ1) is 15.2. The zero-order chi connectivity index (χ0) is 21.2. The summed E-state index contributed by atoms with van der Waals surface area (Å²) in [7, 11) is 0. The molecule has 2 atom stereocenters. The minimum atomic E-state index is -0.0438. The van der Waals surface area contributed by atoms with Gasteiger partial charge < -0.3 is 14.7 Å². The van der Waals surface area contributed by atoms with Crippen LogP contribution in [0.15, 0.2) is 41.1 Å². The number of aryl methyl sites for hydroxylation is 1. The Morgan fingerprint density at radius 2 is 2.06 bits per heavy atom. The number of furan rings is 1. The zero-order valence-electron chi connectivity index (χ0n) is 18.1. The van der Waals surface area contributed by atoms with Gasteiger partial charge in [0, 0.05) is 11.6 Å². The van der Waals surface area contributed by atoms with Gasteiger partial charge in [-0.05, 0) is 66.9 Å². The van der Waals surface area contributed by atoms with E-state index < -0.39 is 0 Å². The van der Waals surface area contributed by atoms with Gasteiger partial charge in [0.2, 0.25) is 0 Å². The summed E-state index contributed by atoms with van der Waals surface area (Å²) in [6.07, 6.45) is 8.59. The summed E-state index contributed by atoms with van der Waals surface area (Å²) in [5.41, 5.74) is 2.97. The summed E-state index contributed by atoms with van der Waals surface area (Å²) in [5.74, 6) is 3.04. The molecule has 4 aromatic rings. The number of fused-ring (bicyclic) bond motifs is 1. The van der Waals surface area contributed by atoms with E-state index in [9.17, 15) is 0 Å². The van der Waals surface area contributed by atoms with Gasteiger partial charge in [0.15, 0.2) is 5.82 Å². The lowest BCUT2D eigenvalue weighted by molar-refractivity contribution is 0.310. The monoisotopic (exact) mass is 419 g/mol. The number of nitrogens with one attached hydrogen (secondary N) is 2. The van der Waals surface area contributed by atoms with E-state index in [0.717, 1.165) is 53.3 Å². The maximum Gasteiger partial charge on any atom is 0.173 e. The van der Waals surface area contributed by atoms with Crippen molar-refractivity contribution in [2.45, 2.75) is 70.4 Å². The van der Waals surface area contributed by atoms with Crippen LogP contribution >= 0.6 is 0 Å². The largest absolute Gasteiger partial charge is 0.466 e. The Kier molecular flexibility index (Phi) is 5.44. The number of H-pyrrole nitrogens is 1. The Hall–Kier alpha value is -3.16. The summed E-state index contributed by atoms with van der Waals surface area (Å²) < 4.78 is 7.97. The van der Waals surface area contributed by atoms with E-state index in [-0.39, 0.29) is 12.0 Å². The molecule has 1 saturated carbocycles. The number of aromatic amines is 1. The number of tetrazole rings is 1. The van der Waals surface area contributed by atoms with Crippen LogP contribution < -0.4 is 5.32 Å². The molecule has 0 amide bonds. The third-order valence-corrected chi connectivity index (χ3v) is 6.35. The second-order valence-electron chi connectivity index (χ2n) is 8.69. The van der Waals surface area contributed by atoms with E-state index in [1.54, 1.807) is 6.33 Å². The first-order valence-corrected chi connectivity index (χ1v) is 11.2. The average Bonchev–Trinajstić information content (AvgIpc) is 3.54. The van der Waals surface area contributed by atoms with Gasteiger partial charge in [-0.1, -0.05) is 26.2 Å². The fourth-order valence-corrected chi connectivity index (χ4v) is 4.66. The third kappa shape index (κ3) is 4.19. The standard InChI is InChI=1S/C23H29N7O/c1-15(22-11-8-16(2)31-22)12-21(26-17-9-10-19-20(13-17)25-14-24-19)23-27-28-29-30(23)18-6-4-3-5-7-18/h8-11,13-15,18,21,26H,3-7,12H2,1-2H3,(H,24,25). The Balaban J connectivity index is 1.45. The maximum atomic E-state index is 5.91. The Morgan fingerprint density at radius 1 is 1.19 bits per heavy atom. The molecule has 8 nitrogen and oxygen atoms in total. The van der Waals surface area contributed by atoms with Gasteiger partial charge in [0.1, 0.15) is 11.5 Å². The molecule has 3 heterocycles. The lowest BCUT2D eigenvalue weighted by Crippen LogP contribution is -2.23. The van der Waals surface area contributed by atoms with Crippen LogP contribution in [0.4, 0.5) is 5.69 Å². The molecular weight excluding hydrogens is 390 g/mol. The highest BCUT2D eigenvalue weighted by Crippen LogP contribution is 2.34. The number of benzene rings is 1. The fraction of sp³-hybridized carbons (Fsp3) is 0.478. The Morgan fingerprint density at radius 3 is 2.87 bits per heavy atom.